The molecule has 1 nitrogen and oxygen atoms in total. The third-order valence-electron chi connectivity index (χ3n) is 6.28. The van der Waals surface area contributed by atoms with Crippen LogP contribution in [0.4, 0.5) is 0 Å². The van der Waals surface area contributed by atoms with Gasteiger partial charge in [0.1, 0.15) is 20.4 Å². The molecule has 0 fully saturated rings. The van der Waals surface area contributed by atoms with Crippen LogP contribution in [0.25, 0.3) is 0 Å². The van der Waals surface area contributed by atoms with Gasteiger partial charge >= 0.3 is 0 Å². The SMILES string of the molecule is C=CCOc1c(C(C)(C)C)cc(C(C)(C)C)cc1[Si](C)(C)C1=C(C(C)(C)C)C=CC1. The molecule has 0 unspecified atom stereocenters. The summed E-state index contributed by atoms with van der Waals surface area (Å²) < 4.78 is 6.45. The van der Waals surface area contributed by atoms with Crippen LogP contribution in [0.15, 0.2) is 47.7 Å². The van der Waals surface area contributed by atoms with Crippen LogP contribution in [0.3, 0.4) is 0 Å². The summed E-state index contributed by atoms with van der Waals surface area (Å²) in [6.45, 7) is 30.3. The Balaban J connectivity index is 2.89. The van der Waals surface area contributed by atoms with Crippen molar-refractivity contribution in [3.63, 3.8) is 0 Å². The van der Waals surface area contributed by atoms with E-state index in [-0.39, 0.29) is 16.2 Å². The first-order valence-electron chi connectivity index (χ1n) is 11.3. The van der Waals surface area contributed by atoms with Crippen LogP contribution in [0.2, 0.25) is 13.1 Å². The standard InChI is InChI=1S/C28H44OSi/c1-13-17-29-25-22(28(8,9)10)18-20(26(2,3)4)19-24(25)30(11,12)23-16-14-15-21(23)27(5,6)7/h13-15,18-19H,1,16-17H2,2-12H3. The summed E-state index contributed by atoms with van der Waals surface area (Å²) in [7, 11) is -1.98. The Labute approximate surface area is 187 Å². The van der Waals surface area contributed by atoms with E-state index in [1.54, 1.807) is 5.20 Å². The van der Waals surface area contributed by atoms with E-state index in [0.717, 1.165) is 12.2 Å². The quantitative estimate of drug-likeness (QED) is 0.349. The molecule has 0 atom stereocenters. The first kappa shape index (κ1) is 24.7. The Morgan fingerprint density at radius 3 is 2.00 bits per heavy atom. The lowest BCUT2D eigenvalue weighted by molar-refractivity contribution is 0.353. The van der Waals surface area contributed by atoms with Crippen LogP contribution >= 0.6 is 0 Å². The summed E-state index contributed by atoms with van der Waals surface area (Å²) in [5, 5.41) is 3.08. The molecule has 2 rings (SSSR count). The summed E-state index contributed by atoms with van der Waals surface area (Å²) in [5.74, 6) is 1.10. The van der Waals surface area contributed by atoms with E-state index in [4.69, 9.17) is 4.74 Å². The monoisotopic (exact) mass is 424 g/mol. The lowest BCUT2D eigenvalue weighted by Gasteiger charge is -2.36. The van der Waals surface area contributed by atoms with E-state index in [2.05, 4.69) is 106 Å². The number of ether oxygens (including phenoxy) is 1. The van der Waals surface area contributed by atoms with E-state index in [9.17, 15) is 0 Å². The van der Waals surface area contributed by atoms with E-state index >= 15 is 0 Å². The van der Waals surface area contributed by atoms with Gasteiger partial charge in [0.25, 0.3) is 0 Å². The van der Waals surface area contributed by atoms with Crippen molar-refractivity contribution in [1.29, 1.82) is 0 Å². The third kappa shape index (κ3) is 5.02. The van der Waals surface area contributed by atoms with Crippen molar-refractivity contribution >= 4 is 13.3 Å². The Morgan fingerprint density at radius 1 is 0.933 bits per heavy atom. The lowest BCUT2D eigenvalue weighted by atomic mass is 9.80. The van der Waals surface area contributed by atoms with Gasteiger partial charge in [-0.2, -0.15) is 0 Å². The van der Waals surface area contributed by atoms with Gasteiger partial charge in [-0.3, -0.25) is 0 Å². The zero-order valence-electron chi connectivity index (χ0n) is 21.4. The highest BCUT2D eigenvalue weighted by Gasteiger charge is 2.39. The van der Waals surface area contributed by atoms with Crippen molar-refractivity contribution in [3.8, 4) is 5.75 Å². The Hall–Kier alpha value is -1.54. The molecule has 0 saturated heterocycles. The molecule has 0 heterocycles. The minimum Gasteiger partial charge on any atom is -0.489 e. The fourth-order valence-corrected chi connectivity index (χ4v) is 7.72. The van der Waals surface area contributed by atoms with Crippen LogP contribution in [-0.2, 0) is 10.8 Å². The zero-order valence-corrected chi connectivity index (χ0v) is 22.4. The molecule has 0 aromatic heterocycles. The molecular formula is C28H44OSi. The van der Waals surface area contributed by atoms with E-state index in [1.165, 1.54) is 21.9 Å². The number of allylic oxidation sites excluding steroid dienone is 4. The van der Waals surface area contributed by atoms with E-state index in [0.29, 0.717) is 6.61 Å². The van der Waals surface area contributed by atoms with Gasteiger partial charge in [-0.05, 0) is 44.6 Å². The second kappa shape index (κ2) is 8.18. The first-order valence-corrected chi connectivity index (χ1v) is 14.3. The average molecular weight is 425 g/mol. The second-order valence-electron chi connectivity index (χ2n) is 12.4. The topological polar surface area (TPSA) is 9.23 Å². The summed E-state index contributed by atoms with van der Waals surface area (Å²) in [5.41, 5.74) is 4.49. The molecular weight excluding hydrogens is 380 g/mol. The molecule has 2 heteroatoms. The molecule has 0 aliphatic heterocycles. The molecule has 1 aromatic carbocycles. The lowest BCUT2D eigenvalue weighted by Crippen LogP contribution is -2.47. The Kier molecular flexibility index (Phi) is 6.75. The zero-order chi connectivity index (χ0) is 23.1. The van der Waals surface area contributed by atoms with Gasteiger partial charge in [0.05, 0.1) is 0 Å². The molecule has 0 bridgehead atoms. The van der Waals surface area contributed by atoms with Crippen molar-refractivity contribution in [2.75, 3.05) is 6.61 Å². The van der Waals surface area contributed by atoms with Gasteiger partial charge < -0.3 is 4.74 Å². The first-order chi connectivity index (χ1) is 13.5. The van der Waals surface area contributed by atoms with E-state index in [1.807, 2.05) is 6.08 Å². The number of rotatable bonds is 5. The Bertz CT molecular complexity index is 862. The molecule has 0 spiro atoms. The predicted molar refractivity (Wildman–Crippen MR) is 137 cm³/mol. The largest absolute Gasteiger partial charge is 0.489 e. The summed E-state index contributed by atoms with van der Waals surface area (Å²) >= 11 is 0. The van der Waals surface area contributed by atoms with Crippen molar-refractivity contribution in [3.05, 3.63) is 58.8 Å². The summed E-state index contributed by atoms with van der Waals surface area (Å²) in [6.07, 6.45) is 7.65. The normalized spacial score (nSPS) is 15.7. The van der Waals surface area contributed by atoms with Crippen molar-refractivity contribution in [2.45, 2.75) is 92.7 Å². The highest BCUT2D eigenvalue weighted by atomic mass is 28.3. The van der Waals surface area contributed by atoms with Gasteiger partial charge in [-0.15, -0.1) is 0 Å². The maximum absolute atomic E-state index is 6.45. The third-order valence-corrected chi connectivity index (χ3v) is 9.98. The molecule has 0 saturated carbocycles. The number of benzene rings is 1. The fourth-order valence-electron chi connectivity index (χ4n) is 4.34. The molecule has 1 aliphatic rings. The van der Waals surface area contributed by atoms with Gasteiger partial charge in [0, 0.05) is 0 Å². The van der Waals surface area contributed by atoms with Gasteiger partial charge in [-0.25, -0.2) is 0 Å². The molecule has 1 aliphatic carbocycles. The van der Waals surface area contributed by atoms with Crippen molar-refractivity contribution < 1.29 is 4.74 Å². The van der Waals surface area contributed by atoms with Crippen LogP contribution in [0.5, 0.6) is 5.75 Å². The second-order valence-corrected chi connectivity index (χ2v) is 16.8. The van der Waals surface area contributed by atoms with Crippen LogP contribution < -0.4 is 9.92 Å². The summed E-state index contributed by atoms with van der Waals surface area (Å²) in [6, 6.07) is 4.85. The molecule has 0 N–H and O–H groups in total. The molecule has 1 aromatic rings. The maximum Gasteiger partial charge on any atom is 0.123 e. The molecule has 30 heavy (non-hydrogen) atoms. The minimum atomic E-state index is -1.98. The average Bonchev–Trinajstić information content (AvgIpc) is 3.08. The number of hydrogen-bond donors (Lipinski definition) is 0. The van der Waals surface area contributed by atoms with Gasteiger partial charge in [0.2, 0.25) is 0 Å². The highest BCUT2D eigenvalue weighted by molar-refractivity contribution is 6.96. The van der Waals surface area contributed by atoms with E-state index < -0.39 is 8.07 Å². The highest BCUT2D eigenvalue weighted by Crippen LogP contribution is 2.41. The van der Waals surface area contributed by atoms with Gasteiger partial charge in [-0.1, -0.05) is 118 Å². The molecule has 0 radical (unpaired) electrons. The van der Waals surface area contributed by atoms with Crippen LogP contribution in [0.1, 0.15) is 79.9 Å². The van der Waals surface area contributed by atoms with Crippen LogP contribution in [-0.4, -0.2) is 14.7 Å². The maximum atomic E-state index is 6.45. The Morgan fingerprint density at radius 2 is 1.53 bits per heavy atom. The minimum absolute atomic E-state index is 0.00611. The number of hydrogen-bond acceptors (Lipinski definition) is 1. The van der Waals surface area contributed by atoms with Crippen molar-refractivity contribution in [2.24, 2.45) is 5.41 Å². The molecule has 0 amide bonds. The molecule has 166 valence electrons. The van der Waals surface area contributed by atoms with Crippen molar-refractivity contribution in [1.82, 2.24) is 0 Å². The smallest absolute Gasteiger partial charge is 0.123 e. The van der Waals surface area contributed by atoms with Gasteiger partial charge in [0.15, 0.2) is 0 Å². The predicted octanol–water partition coefficient (Wildman–Crippen LogP) is 7.60. The van der Waals surface area contributed by atoms with Crippen LogP contribution in [0, 0.1) is 5.41 Å². The summed E-state index contributed by atoms with van der Waals surface area (Å²) in [4.78, 5) is 0. The fraction of sp³-hybridized carbons (Fsp3) is 0.571.